The maximum absolute atomic E-state index is 13.4. The van der Waals surface area contributed by atoms with Gasteiger partial charge in [-0.1, -0.05) is 40.7 Å². The van der Waals surface area contributed by atoms with E-state index in [1.807, 2.05) is 6.07 Å². The number of methoxy groups -OCH3 is 2. The van der Waals surface area contributed by atoms with E-state index < -0.39 is 5.92 Å². The average Bonchev–Trinajstić information content (AvgIpc) is 3.20. The Labute approximate surface area is 217 Å². The first kappa shape index (κ1) is 25.0. The van der Waals surface area contributed by atoms with E-state index in [0.717, 1.165) is 4.47 Å². The number of nitrogens with zero attached hydrogens (tertiary/aromatic N) is 1. The molecule has 1 atom stereocenters. The van der Waals surface area contributed by atoms with E-state index in [9.17, 15) is 14.4 Å². The van der Waals surface area contributed by atoms with Crippen LogP contribution in [0.2, 0.25) is 0 Å². The van der Waals surface area contributed by atoms with Gasteiger partial charge in [0.2, 0.25) is 11.8 Å². The van der Waals surface area contributed by atoms with Gasteiger partial charge in [-0.25, -0.2) is 0 Å². The Morgan fingerprint density at radius 2 is 1.61 bits per heavy atom. The molecule has 184 valence electrons. The summed E-state index contributed by atoms with van der Waals surface area (Å²) in [4.78, 5) is 40.1. The van der Waals surface area contributed by atoms with E-state index in [1.54, 1.807) is 60.7 Å². The molecule has 1 unspecified atom stereocenters. The number of carbonyl (C=O) groups excluding carboxylic acids is 3. The van der Waals surface area contributed by atoms with Gasteiger partial charge in [0.1, 0.15) is 0 Å². The molecule has 3 aromatic rings. The zero-order chi connectivity index (χ0) is 25.8. The van der Waals surface area contributed by atoms with Crippen molar-refractivity contribution < 1.29 is 23.9 Å². The fraction of sp³-hybridized carbons (Fsp3) is 0.148. The second-order valence-electron chi connectivity index (χ2n) is 8.02. The summed E-state index contributed by atoms with van der Waals surface area (Å²) in [6, 6.07) is 19.0. The number of benzene rings is 3. The van der Waals surface area contributed by atoms with Crippen molar-refractivity contribution in [2.75, 3.05) is 19.1 Å². The lowest BCUT2D eigenvalue weighted by atomic mass is 9.91. The van der Waals surface area contributed by atoms with Crippen LogP contribution >= 0.6 is 15.9 Å². The molecule has 2 N–H and O–H groups in total. The van der Waals surface area contributed by atoms with E-state index in [0.29, 0.717) is 39.6 Å². The first-order valence-electron chi connectivity index (χ1n) is 11.0. The molecule has 0 saturated carbocycles. The van der Waals surface area contributed by atoms with Gasteiger partial charge in [0, 0.05) is 22.0 Å². The summed E-state index contributed by atoms with van der Waals surface area (Å²) in [5, 5.41) is 0. The van der Waals surface area contributed by atoms with Crippen molar-refractivity contribution in [2.24, 2.45) is 0 Å². The van der Waals surface area contributed by atoms with Gasteiger partial charge in [0.05, 0.1) is 31.5 Å². The van der Waals surface area contributed by atoms with Crippen LogP contribution in [0.3, 0.4) is 0 Å². The molecule has 4 rings (SSSR count). The average molecular weight is 550 g/mol. The summed E-state index contributed by atoms with van der Waals surface area (Å²) in [5.74, 6) is -0.983. The van der Waals surface area contributed by atoms with Crippen LogP contribution in [0, 0.1) is 0 Å². The van der Waals surface area contributed by atoms with Gasteiger partial charge >= 0.3 is 0 Å². The van der Waals surface area contributed by atoms with Gasteiger partial charge in [-0.3, -0.25) is 30.1 Å². The Hall–Kier alpha value is -4.11. The zero-order valence-corrected chi connectivity index (χ0v) is 21.3. The Morgan fingerprint density at radius 3 is 2.25 bits per heavy atom. The highest BCUT2D eigenvalue weighted by atomic mass is 79.9. The summed E-state index contributed by atoms with van der Waals surface area (Å²) in [7, 11) is 2.99. The molecule has 0 aromatic heterocycles. The predicted molar refractivity (Wildman–Crippen MR) is 140 cm³/mol. The number of ether oxygens (including phenoxy) is 2. The Balaban J connectivity index is 1.65. The van der Waals surface area contributed by atoms with E-state index in [4.69, 9.17) is 9.47 Å². The molecule has 3 aromatic carbocycles. The maximum Gasteiger partial charge on any atom is 0.269 e. The first-order valence-corrected chi connectivity index (χ1v) is 11.8. The molecule has 36 heavy (non-hydrogen) atoms. The van der Waals surface area contributed by atoms with Crippen molar-refractivity contribution in [3.63, 3.8) is 0 Å². The predicted octanol–water partition coefficient (Wildman–Crippen LogP) is 4.42. The molecule has 0 bridgehead atoms. The molecule has 1 heterocycles. The Morgan fingerprint density at radius 1 is 0.972 bits per heavy atom. The highest BCUT2D eigenvalue weighted by molar-refractivity contribution is 9.10. The van der Waals surface area contributed by atoms with Crippen LogP contribution in [0.4, 0.5) is 5.69 Å². The van der Waals surface area contributed by atoms with E-state index in [-0.39, 0.29) is 24.1 Å². The normalized spacial score (nSPS) is 15.0. The monoisotopic (exact) mass is 549 g/mol. The molecule has 1 fully saturated rings. The van der Waals surface area contributed by atoms with Gasteiger partial charge in [-0.05, 0) is 54.1 Å². The lowest BCUT2D eigenvalue weighted by molar-refractivity contribution is -0.121. The standard InChI is InChI=1S/C27H24BrN3O5/c1-16(29-30-26(33)17-9-11-18(28)12-10-17)20-13-23(35-2)24(36-3)14-21(20)22-15-25(32)31(27(22)34)19-7-5-4-6-8-19/h4-14,22,29H,1,15H2,2-3H3,(H,30,33). The molecule has 1 saturated heterocycles. The quantitative estimate of drug-likeness (QED) is 0.319. The number of carbonyl (C=O) groups is 3. The second-order valence-corrected chi connectivity index (χ2v) is 8.93. The van der Waals surface area contributed by atoms with Crippen LogP contribution in [-0.2, 0) is 9.59 Å². The van der Waals surface area contributed by atoms with Crippen LogP contribution < -0.4 is 25.2 Å². The van der Waals surface area contributed by atoms with Crippen LogP contribution in [0.15, 0.2) is 77.8 Å². The third kappa shape index (κ3) is 4.96. The van der Waals surface area contributed by atoms with E-state index in [2.05, 4.69) is 33.4 Å². The molecular formula is C27H24BrN3O5. The van der Waals surface area contributed by atoms with Crippen LogP contribution in [0.25, 0.3) is 5.70 Å². The molecule has 0 aliphatic carbocycles. The molecule has 9 heteroatoms. The van der Waals surface area contributed by atoms with Crippen molar-refractivity contribution in [2.45, 2.75) is 12.3 Å². The molecule has 8 nitrogen and oxygen atoms in total. The van der Waals surface area contributed by atoms with Crippen LogP contribution in [-0.4, -0.2) is 31.9 Å². The summed E-state index contributed by atoms with van der Waals surface area (Å²) < 4.78 is 11.7. The van der Waals surface area contributed by atoms with Crippen molar-refractivity contribution in [3.8, 4) is 11.5 Å². The highest BCUT2D eigenvalue weighted by Crippen LogP contribution is 2.41. The second kappa shape index (κ2) is 10.7. The number of rotatable bonds is 8. The number of anilines is 1. The van der Waals surface area contributed by atoms with Crippen LogP contribution in [0.5, 0.6) is 11.5 Å². The van der Waals surface area contributed by atoms with E-state index >= 15 is 0 Å². The van der Waals surface area contributed by atoms with E-state index in [1.165, 1.54) is 19.1 Å². The number of nitrogens with one attached hydrogen (secondary N) is 2. The lowest BCUT2D eigenvalue weighted by Gasteiger charge is -2.21. The SMILES string of the molecule is C=C(NNC(=O)c1ccc(Br)cc1)c1cc(OC)c(OC)cc1C1CC(=O)N(c2ccccc2)C1=O. The third-order valence-corrected chi connectivity index (χ3v) is 6.38. The first-order chi connectivity index (χ1) is 17.3. The Kier molecular flexibility index (Phi) is 7.40. The number of imide groups is 1. The molecule has 3 amide bonds. The number of hydrogen-bond acceptors (Lipinski definition) is 6. The van der Waals surface area contributed by atoms with Crippen molar-refractivity contribution in [1.82, 2.24) is 10.9 Å². The highest BCUT2D eigenvalue weighted by Gasteiger charge is 2.42. The minimum Gasteiger partial charge on any atom is -0.493 e. The van der Waals surface area contributed by atoms with Crippen molar-refractivity contribution in [3.05, 3.63) is 94.5 Å². The summed E-state index contributed by atoms with van der Waals surface area (Å²) in [5.41, 5.74) is 7.74. The number of para-hydroxylation sites is 1. The third-order valence-electron chi connectivity index (χ3n) is 5.85. The molecule has 0 radical (unpaired) electrons. The number of hydrogen-bond donors (Lipinski definition) is 2. The summed E-state index contributed by atoms with van der Waals surface area (Å²) >= 11 is 3.34. The fourth-order valence-corrected chi connectivity index (χ4v) is 4.30. The number of halogens is 1. The topological polar surface area (TPSA) is 97.0 Å². The van der Waals surface area contributed by atoms with Crippen LogP contribution in [0.1, 0.15) is 33.8 Å². The van der Waals surface area contributed by atoms with Gasteiger partial charge in [-0.15, -0.1) is 0 Å². The molecule has 1 aliphatic heterocycles. The zero-order valence-electron chi connectivity index (χ0n) is 19.7. The largest absolute Gasteiger partial charge is 0.493 e. The van der Waals surface area contributed by atoms with Gasteiger partial charge in [0.15, 0.2) is 11.5 Å². The molecular weight excluding hydrogens is 526 g/mol. The van der Waals surface area contributed by atoms with Crippen molar-refractivity contribution >= 4 is 45.0 Å². The van der Waals surface area contributed by atoms with Gasteiger partial charge in [0.25, 0.3) is 5.91 Å². The smallest absolute Gasteiger partial charge is 0.269 e. The van der Waals surface area contributed by atoms with Crippen molar-refractivity contribution in [1.29, 1.82) is 0 Å². The summed E-state index contributed by atoms with van der Waals surface area (Å²) in [6.45, 7) is 4.05. The fourth-order valence-electron chi connectivity index (χ4n) is 4.04. The molecule has 0 spiro atoms. The number of amides is 3. The minimum absolute atomic E-state index is 0.0191. The number of hydrazine groups is 1. The molecule has 1 aliphatic rings. The maximum atomic E-state index is 13.4. The van der Waals surface area contributed by atoms with Gasteiger partial charge < -0.3 is 9.47 Å². The van der Waals surface area contributed by atoms with Gasteiger partial charge in [-0.2, -0.15) is 0 Å². The summed E-state index contributed by atoms with van der Waals surface area (Å²) in [6.07, 6.45) is -0.0191. The Bertz CT molecular complexity index is 1330. The lowest BCUT2D eigenvalue weighted by Crippen LogP contribution is -2.36. The minimum atomic E-state index is -0.770.